The van der Waals surface area contributed by atoms with Gasteiger partial charge in [0.15, 0.2) is 0 Å². The first-order valence-corrected chi connectivity index (χ1v) is 5.72. The fourth-order valence-electron chi connectivity index (χ4n) is 1.65. The van der Waals surface area contributed by atoms with E-state index in [4.69, 9.17) is 0 Å². The predicted molar refractivity (Wildman–Crippen MR) is 58.1 cm³/mol. The average molecular weight is 198 g/mol. The van der Waals surface area contributed by atoms with Gasteiger partial charge in [-0.25, -0.2) is 0 Å². The molecule has 0 aromatic heterocycles. The van der Waals surface area contributed by atoms with Gasteiger partial charge in [0.05, 0.1) is 6.54 Å². The summed E-state index contributed by atoms with van der Waals surface area (Å²) in [6.07, 6.45) is 3.53. The molecule has 82 valence electrons. The SMILES string of the molecule is CCC(C)CNCC(=O)N1CCCC1. The second-order valence-electron chi connectivity index (χ2n) is 4.23. The van der Waals surface area contributed by atoms with Crippen molar-refractivity contribution < 1.29 is 4.79 Å². The van der Waals surface area contributed by atoms with Crippen LogP contribution < -0.4 is 5.32 Å². The lowest BCUT2D eigenvalue weighted by atomic mass is 10.1. The summed E-state index contributed by atoms with van der Waals surface area (Å²) in [4.78, 5) is 13.5. The second-order valence-corrected chi connectivity index (χ2v) is 4.23. The second kappa shape index (κ2) is 6.02. The number of carbonyl (C=O) groups excluding carboxylic acids is 1. The Morgan fingerprint density at radius 2 is 2.07 bits per heavy atom. The van der Waals surface area contributed by atoms with Crippen LogP contribution in [-0.4, -0.2) is 37.0 Å². The molecule has 1 unspecified atom stereocenters. The van der Waals surface area contributed by atoms with E-state index in [0.717, 1.165) is 19.6 Å². The van der Waals surface area contributed by atoms with E-state index in [1.807, 2.05) is 4.90 Å². The Kier molecular flexibility index (Phi) is 4.94. The fourth-order valence-corrected chi connectivity index (χ4v) is 1.65. The average Bonchev–Trinajstić information content (AvgIpc) is 2.70. The molecule has 1 aliphatic heterocycles. The topological polar surface area (TPSA) is 32.3 Å². The van der Waals surface area contributed by atoms with E-state index in [-0.39, 0.29) is 5.91 Å². The van der Waals surface area contributed by atoms with E-state index >= 15 is 0 Å². The van der Waals surface area contributed by atoms with Crippen LogP contribution >= 0.6 is 0 Å². The number of nitrogens with zero attached hydrogens (tertiary/aromatic N) is 1. The molecule has 0 radical (unpaired) electrons. The van der Waals surface area contributed by atoms with Gasteiger partial charge < -0.3 is 10.2 Å². The highest BCUT2D eigenvalue weighted by atomic mass is 16.2. The molecule has 1 fully saturated rings. The normalized spacial score (nSPS) is 18.6. The third kappa shape index (κ3) is 3.66. The van der Waals surface area contributed by atoms with E-state index in [0.29, 0.717) is 12.5 Å². The first-order chi connectivity index (χ1) is 6.74. The Morgan fingerprint density at radius 1 is 1.43 bits per heavy atom. The molecule has 0 saturated carbocycles. The number of nitrogens with one attached hydrogen (secondary N) is 1. The van der Waals surface area contributed by atoms with E-state index in [1.54, 1.807) is 0 Å². The van der Waals surface area contributed by atoms with E-state index < -0.39 is 0 Å². The maximum atomic E-state index is 11.6. The summed E-state index contributed by atoms with van der Waals surface area (Å²) in [5.41, 5.74) is 0. The number of rotatable bonds is 5. The van der Waals surface area contributed by atoms with Crippen LogP contribution in [-0.2, 0) is 4.79 Å². The summed E-state index contributed by atoms with van der Waals surface area (Å²) in [6.45, 7) is 7.77. The molecule has 1 saturated heterocycles. The molecule has 0 bridgehead atoms. The summed E-state index contributed by atoms with van der Waals surface area (Å²) < 4.78 is 0. The molecule has 1 atom stereocenters. The minimum atomic E-state index is 0.269. The van der Waals surface area contributed by atoms with Crippen molar-refractivity contribution >= 4 is 5.91 Å². The molecule has 3 heteroatoms. The van der Waals surface area contributed by atoms with Crippen LogP contribution in [0.1, 0.15) is 33.1 Å². The molecule has 0 aromatic carbocycles. The van der Waals surface area contributed by atoms with Crippen LogP contribution in [0.15, 0.2) is 0 Å². The monoisotopic (exact) mass is 198 g/mol. The standard InChI is InChI=1S/C11H22N2O/c1-3-10(2)8-12-9-11(14)13-6-4-5-7-13/h10,12H,3-9H2,1-2H3. The highest BCUT2D eigenvalue weighted by molar-refractivity contribution is 5.78. The molecular weight excluding hydrogens is 176 g/mol. The number of hydrogen-bond donors (Lipinski definition) is 1. The highest BCUT2D eigenvalue weighted by Crippen LogP contribution is 2.06. The van der Waals surface area contributed by atoms with Crippen molar-refractivity contribution in [2.45, 2.75) is 33.1 Å². The first kappa shape index (κ1) is 11.5. The fraction of sp³-hybridized carbons (Fsp3) is 0.909. The van der Waals surface area contributed by atoms with Gasteiger partial charge in [-0.2, -0.15) is 0 Å². The lowest BCUT2D eigenvalue weighted by Crippen LogP contribution is -2.37. The Hall–Kier alpha value is -0.570. The zero-order valence-electron chi connectivity index (χ0n) is 9.38. The van der Waals surface area contributed by atoms with Crippen molar-refractivity contribution in [2.75, 3.05) is 26.2 Å². The Morgan fingerprint density at radius 3 is 2.64 bits per heavy atom. The number of carbonyl (C=O) groups is 1. The van der Waals surface area contributed by atoms with Crippen molar-refractivity contribution in [1.82, 2.24) is 10.2 Å². The van der Waals surface area contributed by atoms with Crippen LogP contribution in [0.4, 0.5) is 0 Å². The molecule has 0 aromatic rings. The molecule has 14 heavy (non-hydrogen) atoms. The zero-order valence-corrected chi connectivity index (χ0v) is 9.38. The van der Waals surface area contributed by atoms with Crippen molar-refractivity contribution in [3.8, 4) is 0 Å². The minimum Gasteiger partial charge on any atom is -0.342 e. The summed E-state index contributed by atoms with van der Waals surface area (Å²) in [5, 5.41) is 3.22. The van der Waals surface area contributed by atoms with Gasteiger partial charge in [0.2, 0.25) is 5.91 Å². The Balaban J connectivity index is 2.08. The summed E-state index contributed by atoms with van der Waals surface area (Å²) in [6, 6.07) is 0. The molecule has 1 amide bonds. The highest BCUT2D eigenvalue weighted by Gasteiger charge is 2.16. The summed E-state index contributed by atoms with van der Waals surface area (Å²) in [7, 11) is 0. The van der Waals surface area contributed by atoms with Gasteiger partial charge >= 0.3 is 0 Å². The van der Waals surface area contributed by atoms with Crippen molar-refractivity contribution in [1.29, 1.82) is 0 Å². The van der Waals surface area contributed by atoms with Gasteiger partial charge in [-0.3, -0.25) is 4.79 Å². The van der Waals surface area contributed by atoms with Gasteiger partial charge in [-0.1, -0.05) is 20.3 Å². The predicted octanol–water partition coefficient (Wildman–Crippen LogP) is 1.24. The third-order valence-electron chi connectivity index (χ3n) is 2.92. The van der Waals surface area contributed by atoms with E-state index in [2.05, 4.69) is 19.2 Å². The van der Waals surface area contributed by atoms with Gasteiger partial charge in [0.1, 0.15) is 0 Å². The molecule has 1 aliphatic rings. The molecule has 0 aliphatic carbocycles. The lowest BCUT2D eigenvalue weighted by Gasteiger charge is -2.16. The number of amides is 1. The zero-order chi connectivity index (χ0) is 10.4. The summed E-state index contributed by atoms with van der Waals surface area (Å²) in [5.74, 6) is 0.937. The molecule has 1 heterocycles. The first-order valence-electron chi connectivity index (χ1n) is 5.72. The Bertz CT molecular complexity index is 176. The molecule has 0 spiro atoms. The van der Waals surface area contributed by atoms with Crippen LogP contribution in [0.2, 0.25) is 0 Å². The van der Waals surface area contributed by atoms with Crippen LogP contribution in [0.5, 0.6) is 0 Å². The van der Waals surface area contributed by atoms with Gasteiger partial charge in [0.25, 0.3) is 0 Å². The van der Waals surface area contributed by atoms with Crippen molar-refractivity contribution in [3.05, 3.63) is 0 Å². The maximum Gasteiger partial charge on any atom is 0.236 e. The Labute approximate surface area is 86.9 Å². The lowest BCUT2D eigenvalue weighted by molar-refractivity contribution is -0.129. The molecule has 1 rings (SSSR count). The molecular formula is C11H22N2O. The minimum absolute atomic E-state index is 0.269. The van der Waals surface area contributed by atoms with E-state index in [9.17, 15) is 4.79 Å². The van der Waals surface area contributed by atoms with E-state index in [1.165, 1.54) is 19.3 Å². The number of likely N-dealkylation sites (tertiary alicyclic amines) is 1. The van der Waals surface area contributed by atoms with Crippen molar-refractivity contribution in [3.63, 3.8) is 0 Å². The van der Waals surface area contributed by atoms with Gasteiger partial charge in [-0.05, 0) is 25.3 Å². The molecule has 1 N–H and O–H groups in total. The largest absolute Gasteiger partial charge is 0.342 e. The van der Waals surface area contributed by atoms with Crippen LogP contribution in [0, 0.1) is 5.92 Å². The van der Waals surface area contributed by atoms with Crippen LogP contribution in [0.25, 0.3) is 0 Å². The summed E-state index contributed by atoms with van der Waals surface area (Å²) >= 11 is 0. The smallest absolute Gasteiger partial charge is 0.236 e. The number of hydrogen-bond acceptors (Lipinski definition) is 2. The van der Waals surface area contributed by atoms with Gasteiger partial charge in [0, 0.05) is 13.1 Å². The molecule has 3 nitrogen and oxygen atoms in total. The van der Waals surface area contributed by atoms with Gasteiger partial charge in [-0.15, -0.1) is 0 Å². The van der Waals surface area contributed by atoms with Crippen LogP contribution in [0.3, 0.4) is 0 Å². The quantitative estimate of drug-likeness (QED) is 0.721. The maximum absolute atomic E-state index is 11.6. The van der Waals surface area contributed by atoms with Crippen molar-refractivity contribution in [2.24, 2.45) is 5.92 Å². The third-order valence-corrected chi connectivity index (χ3v) is 2.92.